The van der Waals surface area contributed by atoms with Crippen LogP contribution in [0.15, 0.2) is 0 Å². The van der Waals surface area contributed by atoms with E-state index in [0.29, 0.717) is 0 Å². The van der Waals surface area contributed by atoms with Crippen molar-refractivity contribution in [1.82, 2.24) is 10.6 Å². The van der Waals surface area contributed by atoms with Crippen molar-refractivity contribution < 1.29 is 0 Å². The predicted molar refractivity (Wildman–Crippen MR) is 119 cm³/mol. The molecular weight excluding hydrogens is 342 g/mol. The Hall–Kier alpha value is -0.120. The first-order valence-electron chi connectivity index (χ1n) is 13.0. The molecule has 3 nitrogen and oxygen atoms in total. The van der Waals surface area contributed by atoms with Crippen LogP contribution in [-0.4, -0.2) is 32.2 Å². The Bertz CT molecular complexity index is 405. The standard InChI is InChI=1S/C25H47N3/c26-11-1-12-27-13-2-14-28-25(17-23-15-19-3-7-21(23)8-4-19)18-24-16-20-5-9-22(24)10-6-20/h19-25,27-28H,1-18,26H2. The van der Waals surface area contributed by atoms with Crippen LogP contribution >= 0.6 is 0 Å². The lowest BCUT2D eigenvalue weighted by Gasteiger charge is -2.46. The zero-order valence-corrected chi connectivity index (χ0v) is 18.3. The van der Waals surface area contributed by atoms with Gasteiger partial charge in [-0.1, -0.05) is 25.7 Å². The summed E-state index contributed by atoms with van der Waals surface area (Å²) in [6.07, 6.45) is 20.8. The summed E-state index contributed by atoms with van der Waals surface area (Å²) < 4.78 is 0. The highest BCUT2D eigenvalue weighted by Gasteiger charge is 2.39. The third kappa shape index (κ3) is 5.73. The molecule has 0 radical (unpaired) electrons. The van der Waals surface area contributed by atoms with Gasteiger partial charge in [0.05, 0.1) is 0 Å². The molecule has 0 saturated heterocycles. The van der Waals surface area contributed by atoms with Crippen LogP contribution in [0.3, 0.4) is 0 Å². The van der Waals surface area contributed by atoms with Gasteiger partial charge >= 0.3 is 0 Å². The van der Waals surface area contributed by atoms with E-state index in [2.05, 4.69) is 10.6 Å². The van der Waals surface area contributed by atoms with E-state index < -0.39 is 0 Å². The van der Waals surface area contributed by atoms with Crippen molar-refractivity contribution in [2.45, 2.75) is 95.9 Å². The van der Waals surface area contributed by atoms with Crippen molar-refractivity contribution in [2.24, 2.45) is 41.2 Å². The van der Waals surface area contributed by atoms with Crippen LogP contribution in [0.1, 0.15) is 89.9 Å². The molecule has 0 aromatic rings. The lowest BCUT2D eigenvalue weighted by molar-refractivity contribution is 0.0615. The lowest BCUT2D eigenvalue weighted by atomic mass is 9.61. The molecule has 2 unspecified atom stereocenters. The molecule has 4 N–H and O–H groups in total. The zero-order valence-electron chi connectivity index (χ0n) is 18.3. The molecule has 2 atom stereocenters. The molecule has 0 aliphatic heterocycles. The van der Waals surface area contributed by atoms with Gasteiger partial charge < -0.3 is 16.4 Å². The van der Waals surface area contributed by atoms with Gasteiger partial charge in [-0.25, -0.2) is 0 Å². The molecule has 6 aliphatic carbocycles. The van der Waals surface area contributed by atoms with Gasteiger partial charge in [-0.2, -0.15) is 0 Å². The molecule has 4 bridgehead atoms. The second-order valence-electron chi connectivity index (χ2n) is 10.9. The lowest BCUT2D eigenvalue weighted by Crippen LogP contribution is -2.42. The summed E-state index contributed by atoms with van der Waals surface area (Å²) in [5, 5.41) is 7.61. The van der Waals surface area contributed by atoms with Crippen molar-refractivity contribution >= 4 is 0 Å². The Morgan fingerprint density at radius 1 is 0.679 bits per heavy atom. The Morgan fingerprint density at radius 3 is 1.68 bits per heavy atom. The predicted octanol–water partition coefficient (Wildman–Crippen LogP) is 4.71. The Morgan fingerprint density at radius 2 is 1.21 bits per heavy atom. The highest BCUT2D eigenvalue weighted by Crippen LogP contribution is 2.49. The minimum absolute atomic E-state index is 0.790. The van der Waals surface area contributed by atoms with E-state index in [1.165, 1.54) is 25.8 Å². The summed E-state index contributed by atoms with van der Waals surface area (Å²) in [7, 11) is 0. The van der Waals surface area contributed by atoms with Crippen molar-refractivity contribution in [3.63, 3.8) is 0 Å². The molecule has 0 aromatic carbocycles. The number of nitrogens with one attached hydrogen (secondary N) is 2. The van der Waals surface area contributed by atoms with Crippen LogP contribution in [0.4, 0.5) is 0 Å². The van der Waals surface area contributed by atoms with Gasteiger partial charge in [0.15, 0.2) is 0 Å². The molecular formula is C25H47N3. The fourth-order valence-electron chi connectivity index (χ4n) is 7.47. The van der Waals surface area contributed by atoms with Crippen LogP contribution in [0.5, 0.6) is 0 Å². The fourth-order valence-corrected chi connectivity index (χ4v) is 7.47. The molecule has 0 amide bonds. The van der Waals surface area contributed by atoms with Gasteiger partial charge in [-0.05, 0) is 126 Å². The summed E-state index contributed by atoms with van der Waals surface area (Å²) in [4.78, 5) is 0. The maximum absolute atomic E-state index is 5.59. The van der Waals surface area contributed by atoms with Gasteiger partial charge in [0.1, 0.15) is 0 Å². The largest absolute Gasteiger partial charge is 0.330 e. The highest BCUT2D eigenvalue weighted by atomic mass is 14.9. The number of hydrogen-bond donors (Lipinski definition) is 3. The Labute approximate surface area is 174 Å². The first kappa shape index (κ1) is 21.1. The summed E-state index contributed by atoms with van der Waals surface area (Å²) in [6, 6.07) is 0.790. The average Bonchev–Trinajstić information content (AvgIpc) is 2.75. The molecule has 3 heteroatoms. The molecule has 6 rings (SSSR count). The molecule has 6 fully saturated rings. The van der Waals surface area contributed by atoms with Gasteiger partial charge in [-0.15, -0.1) is 0 Å². The summed E-state index contributed by atoms with van der Waals surface area (Å²) in [5.41, 5.74) is 5.59. The van der Waals surface area contributed by atoms with Gasteiger partial charge in [0.25, 0.3) is 0 Å². The molecule has 0 heterocycles. The van der Waals surface area contributed by atoms with Gasteiger partial charge in [-0.3, -0.25) is 0 Å². The average molecular weight is 390 g/mol. The van der Waals surface area contributed by atoms with E-state index >= 15 is 0 Å². The maximum atomic E-state index is 5.59. The van der Waals surface area contributed by atoms with E-state index in [1.54, 1.807) is 64.2 Å². The quantitative estimate of drug-likeness (QED) is 0.424. The summed E-state index contributed by atoms with van der Waals surface area (Å²) in [6.45, 7) is 4.22. The summed E-state index contributed by atoms with van der Waals surface area (Å²) in [5.74, 6) is 6.35. The fraction of sp³-hybridized carbons (Fsp3) is 1.00. The number of rotatable bonds is 12. The van der Waals surface area contributed by atoms with Crippen molar-refractivity contribution in [1.29, 1.82) is 0 Å². The smallest absolute Gasteiger partial charge is 0.00725 e. The second-order valence-corrected chi connectivity index (χ2v) is 10.9. The van der Waals surface area contributed by atoms with E-state index in [4.69, 9.17) is 5.73 Å². The van der Waals surface area contributed by atoms with E-state index in [9.17, 15) is 0 Å². The van der Waals surface area contributed by atoms with Crippen molar-refractivity contribution in [3.05, 3.63) is 0 Å². The topological polar surface area (TPSA) is 50.1 Å². The third-order valence-electron chi connectivity index (χ3n) is 9.08. The normalized spacial score (nSPS) is 38.0. The number of nitrogens with two attached hydrogens (primary N) is 1. The van der Waals surface area contributed by atoms with Crippen LogP contribution in [0.2, 0.25) is 0 Å². The van der Waals surface area contributed by atoms with Crippen molar-refractivity contribution in [3.8, 4) is 0 Å². The Balaban J connectivity index is 1.25. The third-order valence-corrected chi connectivity index (χ3v) is 9.08. The van der Waals surface area contributed by atoms with Crippen LogP contribution in [0, 0.1) is 35.5 Å². The summed E-state index contributed by atoms with van der Waals surface area (Å²) >= 11 is 0. The minimum Gasteiger partial charge on any atom is -0.330 e. The van der Waals surface area contributed by atoms with Gasteiger partial charge in [0, 0.05) is 6.04 Å². The van der Waals surface area contributed by atoms with Crippen LogP contribution < -0.4 is 16.4 Å². The Kier molecular flexibility index (Phi) is 8.13. The molecule has 0 spiro atoms. The number of fused-ring (bicyclic) bond motifs is 6. The highest BCUT2D eigenvalue weighted by molar-refractivity contribution is 4.92. The minimum atomic E-state index is 0.790. The van der Waals surface area contributed by atoms with E-state index in [0.717, 1.165) is 67.6 Å². The molecule has 6 saturated carbocycles. The van der Waals surface area contributed by atoms with Crippen LogP contribution in [-0.2, 0) is 0 Å². The van der Waals surface area contributed by atoms with E-state index in [-0.39, 0.29) is 0 Å². The monoisotopic (exact) mass is 389 g/mol. The van der Waals surface area contributed by atoms with Crippen molar-refractivity contribution in [2.75, 3.05) is 26.2 Å². The second kappa shape index (κ2) is 10.8. The number of hydrogen-bond acceptors (Lipinski definition) is 3. The first-order valence-corrected chi connectivity index (χ1v) is 13.0. The van der Waals surface area contributed by atoms with Crippen LogP contribution in [0.25, 0.3) is 0 Å². The molecule has 6 aliphatic rings. The molecule has 0 aromatic heterocycles. The first-order chi connectivity index (χ1) is 13.8. The van der Waals surface area contributed by atoms with E-state index in [1.807, 2.05) is 0 Å². The maximum Gasteiger partial charge on any atom is 0.00725 e. The molecule has 28 heavy (non-hydrogen) atoms. The molecule has 162 valence electrons. The zero-order chi connectivity index (χ0) is 19.2. The van der Waals surface area contributed by atoms with Gasteiger partial charge in [0.2, 0.25) is 0 Å². The SMILES string of the molecule is NCCCNCCCNC(CC1CC2CCC1CC2)CC1CC2CCC1CC2.